The van der Waals surface area contributed by atoms with Gasteiger partial charge in [0.2, 0.25) is 0 Å². The molecule has 0 amide bonds. The predicted octanol–water partition coefficient (Wildman–Crippen LogP) is 14.8. The lowest BCUT2D eigenvalue weighted by Crippen LogP contribution is -1.98. The molecule has 0 aliphatic heterocycles. The highest BCUT2D eigenvalue weighted by Crippen LogP contribution is 2.41. The van der Waals surface area contributed by atoms with E-state index in [9.17, 15) is 0 Å². The minimum absolute atomic E-state index is 1.03. The molecule has 2 heteroatoms. The minimum atomic E-state index is 1.03. The standard InChI is InChI=1S/C54H38N2/c1-5-14-37(15-6-1)40-20-13-23-46(32-40)56-53-29-25-42(39-18-9-3-10-19-39)34-48(53)50-36-44(27-31-54(50)56)43-26-30-52-49(35-43)47-33-41(38-16-7-2-8-17-38)24-28-51(47)55(52)45-21-11-4-12-22-45/h1-11,13-21,23-36H,12,22H2. The highest BCUT2D eigenvalue weighted by atomic mass is 15.0. The molecule has 1 aliphatic rings. The molecule has 0 atom stereocenters. The number of benzene rings is 8. The SMILES string of the molecule is C1=CCCC(n2c3ccc(-c4ccccc4)cc3c3cc(-c4ccc5c(c4)c4cc(-c6ccccc6)ccc4n5-c4cccc(-c5ccccc5)c4)ccc32)=C1. The number of hydrogen-bond donors (Lipinski definition) is 0. The summed E-state index contributed by atoms with van der Waals surface area (Å²) in [5, 5.41) is 5.05. The zero-order valence-corrected chi connectivity index (χ0v) is 30.9. The molecule has 2 heterocycles. The van der Waals surface area contributed by atoms with E-state index in [1.54, 1.807) is 0 Å². The van der Waals surface area contributed by atoms with E-state index in [1.165, 1.54) is 93.8 Å². The van der Waals surface area contributed by atoms with Crippen molar-refractivity contribution >= 4 is 49.3 Å². The summed E-state index contributed by atoms with van der Waals surface area (Å²) in [5.41, 5.74) is 17.1. The molecule has 11 rings (SSSR count). The molecule has 0 N–H and O–H groups in total. The van der Waals surface area contributed by atoms with Crippen LogP contribution >= 0.6 is 0 Å². The molecular weight excluding hydrogens is 677 g/mol. The van der Waals surface area contributed by atoms with Crippen LogP contribution in [0.2, 0.25) is 0 Å². The van der Waals surface area contributed by atoms with Gasteiger partial charge in [0, 0.05) is 32.9 Å². The van der Waals surface area contributed by atoms with E-state index in [0.717, 1.165) is 18.5 Å². The molecule has 2 nitrogen and oxygen atoms in total. The van der Waals surface area contributed by atoms with Crippen LogP contribution in [0.4, 0.5) is 0 Å². The van der Waals surface area contributed by atoms with Gasteiger partial charge in [0.25, 0.3) is 0 Å². The second-order valence-corrected chi connectivity index (χ2v) is 14.9. The summed E-state index contributed by atoms with van der Waals surface area (Å²) in [7, 11) is 0. The first kappa shape index (κ1) is 32.3. The second kappa shape index (κ2) is 13.3. The van der Waals surface area contributed by atoms with E-state index in [0.29, 0.717) is 0 Å². The summed E-state index contributed by atoms with van der Waals surface area (Å²) in [4.78, 5) is 0. The fourth-order valence-corrected chi connectivity index (χ4v) is 8.85. The van der Waals surface area contributed by atoms with Crippen LogP contribution in [0, 0.1) is 0 Å². The van der Waals surface area contributed by atoms with Gasteiger partial charge in [-0.15, -0.1) is 0 Å². The molecule has 0 spiro atoms. The van der Waals surface area contributed by atoms with Crippen LogP contribution < -0.4 is 0 Å². The van der Waals surface area contributed by atoms with E-state index in [2.05, 4.69) is 215 Å². The van der Waals surface area contributed by atoms with E-state index in [-0.39, 0.29) is 0 Å². The largest absolute Gasteiger partial charge is 0.313 e. The fourth-order valence-electron chi connectivity index (χ4n) is 8.85. The zero-order valence-electron chi connectivity index (χ0n) is 30.9. The lowest BCUT2D eigenvalue weighted by Gasteiger charge is -2.14. The quantitative estimate of drug-likeness (QED) is 0.162. The van der Waals surface area contributed by atoms with Crippen LogP contribution in [-0.2, 0) is 0 Å². The van der Waals surface area contributed by atoms with Crippen molar-refractivity contribution in [2.75, 3.05) is 0 Å². The Balaban J connectivity index is 1.12. The molecule has 0 saturated carbocycles. The van der Waals surface area contributed by atoms with Gasteiger partial charge >= 0.3 is 0 Å². The van der Waals surface area contributed by atoms with Crippen molar-refractivity contribution < 1.29 is 0 Å². The Kier molecular flexibility index (Phi) is 7.67. The van der Waals surface area contributed by atoms with E-state index in [4.69, 9.17) is 0 Å². The molecule has 2 aromatic heterocycles. The average molecular weight is 715 g/mol. The van der Waals surface area contributed by atoms with Crippen molar-refractivity contribution in [3.8, 4) is 50.2 Å². The van der Waals surface area contributed by atoms with Crippen molar-refractivity contribution in [2.24, 2.45) is 0 Å². The number of aromatic nitrogens is 2. The third kappa shape index (κ3) is 5.41. The molecule has 0 saturated heterocycles. The van der Waals surface area contributed by atoms with Gasteiger partial charge in [-0.3, -0.25) is 0 Å². The van der Waals surface area contributed by atoms with Crippen LogP contribution in [0.3, 0.4) is 0 Å². The molecule has 8 aromatic carbocycles. The number of nitrogens with zero attached hydrogens (tertiary/aromatic N) is 2. The van der Waals surface area contributed by atoms with Crippen LogP contribution in [0.1, 0.15) is 12.8 Å². The molecule has 0 radical (unpaired) electrons. The minimum Gasteiger partial charge on any atom is -0.313 e. The molecule has 0 bridgehead atoms. The van der Waals surface area contributed by atoms with Gasteiger partial charge in [0.1, 0.15) is 0 Å². The van der Waals surface area contributed by atoms with Gasteiger partial charge < -0.3 is 9.13 Å². The second-order valence-electron chi connectivity index (χ2n) is 14.9. The zero-order chi connectivity index (χ0) is 37.0. The van der Waals surface area contributed by atoms with Gasteiger partial charge in [0.15, 0.2) is 0 Å². The molecule has 10 aromatic rings. The average Bonchev–Trinajstić information content (AvgIpc) is 3.79. The van der Waals surface area contributed by atoms with E-state index in [1.807, 2.05) is 0 Å². The maximum Gasteiger partial charge on any atom is 0.0541 e. The predicted molar refractivity (Wildman–Crippen MR) is 238 cm³/mol. The van der Waals surface area contributed by atoms with Crippen molar-refractivity contribution in [1.29, 1.82) is 0 Å². The van der Waals surface area contributed by atoms with Crippen LogP contribution in [-0.4, -0.2) is 9.13 Å². The summed E-state index contributed by atoms with van der Waals surface area (Å²) in [5.74, 6) is 0. The van der Waals surface area contributed by atoms with Gasteiger partial charge in [-0.1, -0.05) is 140 Å². The van der Waals surface area contributed by atoms with E-state index < -0.39 is 0 Å². The summed E-state index contributed by atoms with van der Waals surface area (Å²) >= 11 is 0. The number of allylic oxidation sites excluding steroid dienone is 4. The smallest absolute Gasteiger partial charge is 0.0541 e. The normalized spacial score (nSPS) is 12.9. The van der Waals surface area contributed by atoms with Crippen LogP contribution in [0.15, 0.2) is 206 Å². The third-order valence-electron chi connectivity index (χ3n) is 11.6. The Morgan fingerprint density at radius 1 is 0.321 bits per heavy atom. The molecular formula is C54H38N2. The van der Waals surface area contributed by atoms with Crippen LogP contribution in [0.25, 0.3) is 99.5 Å². The first-order valence-corrected chi connectivity index (χ1v) is 19.6. The van der Waals surface area contributed by atoms with Crippen molar-refractivity contribution in [3.63, 3.8) is 0 Å². The highest BCUT2D eigenvalue weighted by molar-refractivity contribution is 6.14. The first-order valence-electron chi connectivity index (χ1n) is 19.6. The summed E-state index contributed by atoms with van der Waals surface area (Å²) in [6.07, 6.45) is 8.83. The monoisotopic (exact) mass is 714 g/mol. The molecule has 56 heavy (non-hydrogen) atoms. The topological polar surface area (TPSA) is 9.86 Å². The maximum absolute atomic E-state index is 2.48. The Hall–Kier alpha value is -7.16. The first-order chi connectivity index (χ1) is 27.8. The number of fused-ring (bicyclic) bond motifs is 6. The Morgan fingerprint density at radius 3 is 1.14 bits per heavy atom. The molecule has 264 valence electrons. The van der Waals surface area contributed by atoms with Crippen molar-refractivity contribution in [1.82, 2.24) is 9.13 Å². The van der Waals surface area contributed by atoms with E-state index >= 15 is 0 Å². The Bertz CT molecular complexity index is 3160. The Morgan fingerprint density at radius 2 is 0.714 bits per heavy atom. The highest BCUT2D eigenvalue weighted by Gasteiger charge is 2.19. The number of hydrogen-bond acceptors (Lipinski definition) is 0. The van der Waals surface area contributed by atoms with Crippen molar-refractivity contribution in [3.05, 3.63) is 206 Å². The summed E-state index contributed by atoms with van der Waals surface area (Å²) in [6, 6.07) is 69.1. The van der Waals surface area contributed by atoms with Crippen molar-refractivity contribution in [2.45, 2.75) is 12.8 Å². The Labute approximate surface area is 326 Å². The van der Waals surface area contributed by atoms with Gasteiger partial charge in [-0.05, 0) is 124 Å². The van der Waals surface area contributed by atoms with Gasteiger partial charge in [-0.25, -0.2) is 0 Å². The summed E-state index contributed by atoms with van der Waals surface area (Å²) in [6.45, 7) is 0. The maximum atomic E-state index is 2.48. The third-order valence-corrected chi connectivity index (χ3v) is 11.6. The lowest BCUT2D eigenvalue weighted by atomic mass is 9.98. The lowest BCUT2D eigenvalue weighted by molar-refractivity contribution is 0.979. The van der Waals surface area contributed by atoms with Gasteiger partial charge in [0.05, 0.1) is 22.1 Å². The molecule has 1 aliphatic carbocycles. The fraction of sp³-hybridized carbons (Fsp3) is 0.0370. The summed E-state index contributed by atoms with van der Waals surface area (Å²) < 4.78 is 4.92. The molecule has 0 fully saturated rings. The number of rotatable bonds is 6. The van der Waals surface area contributed by atoms with Crippen LogP contribution in [0.5, 0.6) is 0 Å². The molecule has 0 unspecified atom stereocenters. The van der Waals surface area contributed by atoms with Gasteiger partial charge in [-0.2, -0.15) is 0 Å².